The Kier molecular flexibility index (Phi) is 2.95. The van der Waals surface area contributed by atoms with Gasteiger partial charge in [0.2, 0.25) is 5.95 Å². The second-order valence-corrected chi connectivity index (χ2v) is 3.50. The molecule has 5 nitrogen and oxygen atoms in total. The van der Waals surface area contributed by atoms with E-state index in [9.17, 15) is 0 Å². The molecular formula is C11H13N5. The zero-order valence-electron chi connectivity index (χ0n) is 8.80. The Morgan fingerprint density at radius 2 is 2.00 bits per heavy atom. The highest BCUT2D eigenvalue weighted by Gasteiger charge is 2.02. The van der Waals surface area contributed by atoms with Crippen LogP contribution in [0.2, 0.25) is 0 Å². The summed E-state index contributed by atoms with van der Waals surface area (Å²) in [4.78, 5) is 11.9. The molecule has 0 amide bonds. The Hall–Kier alpha value is -2.17. The number of hydrogen-bond acceptors (Lipinski definition) is 5. The highest BCUT2D eigenvalue weighted by molar-refractivity contribution is 5.41. The number of nitrogen functional groups attached to an aromatic ring is 2. The number of aryl methyl sites for hydroxylation is 2. The fourth-order valence-electron chi connectivity index (χ4n) is 1.45. The topological polar surface area (TPSA) is 90.7 Å². The van der Waals surface area contributed by atoms with E-state index in [1.165, 1.54) is 5.56 Å². The van der Waals surface area contributed by atoms with E-state index < -0.39 is 0 Å². The summed E-state index contributed by atoms with van der Waals surface area (Å²) in [5, 5.41) is 0. The van der Waals surface area contributed by atoms with Gasteiger partial charge in [-0.15, -0.1) is 0 Å². The van der Waals surface area contributed by atoms with Gasteiger partial charge >= 0.3 is 0 Å². The van der Waals surface area contributed by atoms with Gasteiger partial charge in [0.15, 0.2) is 0 Å². The molecule has 0 radical (unpaired) electrons. The largest absolute Gasteiger partial charge is 0.383 e. The Bertz CT molecular complexity index is 469. The van der Waals surface area contributed by atoms with Crippen LogP contribution in [0.15, 0.2) is 30.7 Å². The molecule has 0 aliphatic rings. The molecule has 2 aromatic rings. The van der Waals surface area contributed by atoms with Gasteiger partial charge in [0.05, 0.1) is 0 Å². The summed E-state index contributed by atoms with van der Waals surface area (Å²) in [6.45, 7) is 0. The first-order valence-corrected chi connectivity index (χ1v) is 5.01. The normalized spacial score (nSPS) is 10.2. The molecule has 0 aromatic carbocycles. The maximum atomic E-state index is 5.74. The van der Waals surface area contributed by atoms with E-state index in [4.69, 9.17) is 11.5 Å². The molecule has 16 heavy (non-hydrogen) atoms. The van der Waals surface area contributed by atoms with Crippen LogP contribution in [-0.4, -0.2) is 15.0 Å². The second kappa shape index (κ2) is 4.57. The van der Waals surface area contributed by atoms with Crippen molar-refractivity contribution in [2.45, 2.75) is 12.8 Å². The van der Waals surface area contributed by atoms with Crippen molar-refractivity contribution in [3.63, 3.8) is 0 Å². The molecule has 82 valence electrons. The fourth-order valence-corrected chi connectivity index (χ4v) is 1.45. The zero-order valence-corrected chi connectivity index (χ0v) is 8.80. The molecule has 0 aliphatic heterocycles. The molecule has 0 aliphatic carbocycles. The minimum atomic E-state index is 0.211. The minimum absolute atomic E-state index is 0.211. The first kappa shape index (κ1) is 10.4. The van der Waals surface area contributed by atoms with Gasteiger partial charge in [-0.25, -0.2) is 4.98 Å². The van der Waals surface area contributed by atoms with Gasteiger partial charge in [-0.1, -0.05) is 6.07 Å². The maximum absolute atomic E-state index is 5.74. The first-order valence-electron chi connectivity index (χ1n) is 5.01. The molecule has 0 saturated carbocycles. The van der Waals surface area contributed by atoms with Crippen LogP contribution < -0.4 is 11.5 Å². The van der Waals surface area contributed by atoms with Crippen LogP contribution >= 0.6 is 0 Å². The van der Waals surface area contributed by atoms with Gasteiger partial charge in [0.25, 0.3) is 0 Å². The Morgan fingerprint density at radius 3 is 2.69 bits per heavy atom. The van der Waals surface area contributed by atoms with Crippen molar-refractivity contribution in [1.82, 2.24) is 15.0 Å². The van der Waals surface area contributed by atoms with Crippen LogP contribution in [0.3, 0.4) is 0 Å². The van der Waals surface area contributed by atoms with Crippen molar-refractivity contribution in [2.24, 2.45) is 0 Å². The SMILES string of the molecule is Nc1ncc(CCc2cccnc2)c(N)n1. The molecule has 0 fully saturated rings. The molecule has 0 bridgehead atoms. The number of nitrogens with zero attached hydrogens (tertiary/aromatic N) is 3. The van der Waals surface area contributed by atoms with Crippen molar-refractivity contribution in [2.75, 3.05) is 11.5 Å². The molecule has 0 saturated heterocycles. The minimum Gasteiger partial charge on any atom is -0.383 e. The number of aromatic nitrogens is 3. The molecule has 4 N–H and O–H groups in total. The van der Waals surface area contributed by atoms with Gasteiger partial charge in [0.1, 0.15) is 5.82 Å². The quantitative estimate of drug-likeness (QED) is 0.791. The molecule has 2 rings (SSSR count). The summed E-state index contributed by atoms with van der Waals surface area (Å²) in [6, 6.07) is 3.94. The standard InChI is InChI=1S/C11H13N5/c12-10-9(7-15-11(13)16-10)4-3-8-2-1-5-14-6-8/h1-2,5-7H,3-4H2,(H4,12,13,15,16). The predicted molar refractivity (Wildman–Crippen MR) is 62.5 cm³/mol. The maximum Gasteiger partial charge on any atom is 0.221 e. The van der Waals surface area contributed by atoms with Crippen LogP contribution in [0.1, 0.15) is 11.1 Å². The van der Waals surface area contributed by atoms with E-state index in [1.54, 1.807) is 12.4 Å². The van der Waals surface area contributed by atoms with Gasteiger partial charge in [-0.3, -0.25) is 4.98 Å². The van der Waals surface area contributed by atoms with Gasteiger partial charge in [0, 0.05) is 24.2 Å². The summed E-state index contributed by atoms with van der Waals surface area (Å²) in [6.07, 6.45) is 6.93. The van der Waals surface area contributed by atoms with Crippen LogP contribution in [-0.2, 0) is 12.8 Å². The zero-order chi connectivity index (χ0) is 11.4. The summed E-state index contributed by atoms with van der Waals surface area (Å²) in [5.74, 6) is 0.666. The Balaban J connectivity index is 2.05. The number of nitrogens with two attached hydrogens (primary N) is 2. The molecule has 0 spiro atoms. The lowest BCUT2D eigenvalue weighted by molar-refractivity contribution is 0.933. The van der Waals surface area contributed by atoms with Crippen LogP contribution in [0.4, 0.5) is 11.8 Å². The molecule has 5 heteroatoms. The van der Waals surface area contributed by atoms with Crippen molar-refractivity contribution in [3.8, 4) is 0 Å². The lowest BCUT2D eigenvalue weighted by Gasteiger charge is -2.04. The summed E-state index contributed by atoms with van der Waals surface area (Å²) in [7, 11) is 0. The number of pyridine rings is 1. The van der Waals surface area contributed by atoms with Crippen LogP contribution in [0.25, 0.3) is 0 Å². The van der Waals surface area contributed by atoms with Gasteiger partial charge in [-0.05, 0) is 24.5 Å². The van der Waals surface area contributed by atoms with Crippen molar-refractivity contribution in [3.05, 3.63) is 41.9 Å². The molecule has 0 unspecified atom stereocenters. The highest BCUT2D eigenvalue weighted by Crippen LogP contribution is 2.11. The van der Waals surface area contributed by atoms with Gasteiger partial charge < -0.3 is 11.5 Å². The monoisotopic (exact) mass is 215 g/mol. The summed E-state index contributed by atoms with van der Waals surface area (Å²) < 4.78 is 0. The van der Waals surface area contributed by atoms with Crippen molar-refractivity contribution >= 4 is 11.8 Å². The fraction of sp³-hybridized carbons (Fsp3) is 0.182. The third-order valence-corrected chi connectivity index (χ3v) is 2.32. The molecule has 2 aromatic heterocycles. The Labute approximate surface area is 93.6 Å². The average Bonchev–Trinajstić information content (AvgIpc) is 2.29. The van der Waals surface area contributed by atoms with Crippen molar-refractivity contribution < 1.29 is 0 Å². The number of hydrogen-bond donors (Lipinski definition) is 2. The summed E-state index contributed by atoms with van der Waals surface area (Å²) >= 11 is 0. The van der Waals surface area contributed by atoms with Crippen LogP contribution in [0, 0.1) is 0 Å². The highest BCUT2D eigenvalue weighted by atomic mass is 15.0. The number of anilines is 2. The third-order valence-electron chi connectivity index (χ3n) is 2.32. The van der Waals surface area contributed by atoms with E-state index in [0.29, 0.717) is 5.82 Å². The van der Waals surface area contributed by atoms with E-state index in [2.05, 4.69) is 15.0 Å². The smallest absolute Gasteiger partial charge is 0.221 e. The van der Waals surface area contributed by atoms with E-state index in [0.717, 1.165) is 18.4 Å². The van der Waals surface area contributed by atoms with E-state index in [1.807, 2.05) is 18.3 Å². The molecule has 2 heterocycles. The second-order valence-electron chi connectivity index (χ2n) is 3.50. The first-order chi connectivity index (χ1) is 7.75. The molecule has 0 atom stereocenters. The van der Waals surface area contributed by atoms with Gasteiger partial charge in [-0.2, -0.15) is 4.98 Å². The number of rotatable bonds is 3. The summed E-state index contributed by atoms with van der Waals surface area (Å²) in [5.41, 5.74) is 13.2. The van der Waals surface area contributed by atoms with Crippen molar-refractivity contribution in [1.29, 1.82) is 0 Å². The lowest BCUT2D eigenvalue weighted by atomic mass is 10.1. The average molecular weight is 215 g/mol. The van der Waals surface area contributed by atoms with Crippen LogP contribution in [0.5, 0.6) is 0 Å². The Morgan fingerprint density at radius 1 is 1.12 bits per heavy atom. The lowest BCUT2D eigenvalue weighted by Crippen LogP contribution is -2.04. The van der Waals surface area contributed by atoms with E-state index >= 15 is 0 Å². The van der Waals surface area contributed by atoms with E-state index in [-0.39, 0.29) is 5.95 Å². The predicted octanol–water partition coefficient (Wildman–Crippen LogP) is 0.821. The third kappa shape index (κ3) is 2.44. The molecular weight excluding hydrogens is 202 g/mol.